The molecule has 0 spiro atoms. The van der Waals surface area contributed by atoms with Crippen molar-refractivity contribution < 1.29 is 9.18 Å². The first-order chi connectivity index (χ1) is 12.1. The normalized spacial score (nSPS) is 21.4. The number of benzene rings is 1. The molecular weight excluding hydrogens is 319 g/mol. The highest BCUT2D eigenvalue weighted by Gasteiger charge is 2.44. The molecule has 2 aliphatic rings. The van der Waals surface area contributed by atoms with E-state index in [1.54, 1.807) is 0 Å². The Labute approximate surface area is 146 Å². The van der Waals surface area contributed by atoms with Crippen LogP contribution in [0.25, 0.3) is 0 Å². The van der Waals surface area contributed by atoms with Gasteiger partial charge in [-0.2, -0.15) is 5.10 Å². The molecule has 1 aliphatic carbocycles. The number of aromatic nitrogens is 2. The van der Waals surface area contributed by atoms with Crippen LogP contribution < -0.4 is 5.32 Å². The molecule has 1 saturated heterocycles. The maximum atomic E-state index is 13.1. The van der Waals surface area contributed by atoms with E-state index < -0.39 is 0 Å². The quantitative estimate of drug-likeness (QED) is 0.928. The summed E-state index contributed by atoms with van der Waals surface area (Å²) in [5.74, 6) is -0.222. The molecule has 1 aliphatic heterocycles. The summed E-state index contributed by atoms with van der Waals surface area (Å²) in [7, 11) is 0. The molecule has 2 heterocycles. The van der Waals surface area contributed by atoms with Crippen molar-refractivity contribution in [2.75, 3.05) is 19.6 Å². The molecule has 1 atom stereocenters. The smallest absolute Gasteiger partial charge is 0.317 e. The average Bonchev–Trinajstić information content (AvgIpc) is 3.03. The molecule has 1 aromatic heterocycles. The number of hydrogen-bond acceptors (Lipinski definition) is 2. The third kappa shape index (κ3) is 3.25. The zero-order valence-electron chi connectivity index (χ0n) is 14.4. The fraction of sp³-hybridized carbons (Fsp3) is 0.474. The van der Waals surface area contributed by atoms with Crippen LogP contribution in [0.15, 0.2) is 36.7 Å². The molecule has 25 heavy (non-hydrogen) atoms. The lowest BCUT2D eigenvalue weighted by Gasteiger charge is -2.21. The molecule has 6 heteroatoms. The lowest BCUT2D eigenvalue weighted by Crippen LogP contribution is -2.42. The molecule has 1 aromatic carbocycles. The fourth-order valence-corrected chi connectivity index (χ4v) is 3.65. The third-order valence-electron chi connectivity index (χ3n) is 5.44. The third-order valence-corrected chi connectivity index (χ3v) is 5.44. The Hall–Kier alpha value is -2.37. The molecular formula is C19H23FN4O. The number of aryl methyl sites for hydroxylation is 1. The fourth-order valence-electron chi connectivity index (χ4n) is 3.65. The van der Waals surface area contributed by atoms with Gasteiger partial charge in [0, 0.05) is 31.2 Å². The molecule has 132 valence electrons. The number of halogens is 1. The number of carbonyl (C=O) groups excluding carboxylic acids is 1. The minimum Gasteiger partial charge on any atom is -0.337 e. The van der Waals surface area contributed by atoms with Gasteiger partial charge in [0.15, 0.2) is 0 Å². The highest BCUT2D eigenvalue weighted by atomic mass is 19.1. The van der Waals surface area contributed by atoms with E-state index in [1.165, 1.54) is 12.1 Å². The summed E-state index contributed by atoms with van der Waals surface area (Å²) in [5, 5.41) is 7.44. The van der Waals surface area contributed by atoms with Crippen molar-refractivity contribution in [3.8, 4) is 0 Å². The maximum Gasteiger partial charge on any atom is 0.317 e. The van der Waals surface area contributed by atoms with Gasteiger partial charge in [-0.1, -0.05) is 12.1 Å². The van der Waals surface area contributed by atoms with Gasteiger partial charge in [0.2, 0.25) is 0 Å². The van der Waals surface area contributed by atoms with Gasteiger partial charge in [0.1, 0.15) is 5.82 Å². The summed E-state index contributed by atoms with van der Waals surface area (Å²) in [6, 6.07) is 6.90. The molecule has 0 bridgehead atoms. The van der Waals surface area contributed by atoms with Crippen LogP contribution in [-0.2, 0) is 5.41 Å². The first-order valence-electron chi connectivity index (χ1n) is 8.85. The van der Waals surface area contributed by atoms with Gasteiger partial charge in [0.05, 0.1) is 12.2 Å². The summed E-state index contributed by atoms with van der Waals surface area (Å²) in [6.45, 7) is 4.07. The molecule has 0 radical (unpaired) electrons. The zero-order valence-corrected chi connectivity index (χ0v) is 14.4. The molecule has 1 saturated carbocycles. The number of urea groups is 1. The SMILES string of the molecule is Cc1cnn(C2CCN(C(=O)NCC3(c4ccc(F)cc4)CC3)C2)c1. The van der Waals surface area contributed by atoms with Crippen LogP contribution >= 0.6 is 0 Å². The highest BCUT2D eigenvalue weighted by molar-refractivity contribution is 5.74. The number of likely N-dealkylation sites (tertiary alicyclic amines) is 1. The number of nitrogens with zero attached hydrogens (tertiary/aromatic N) is 3. The van der Waals surface area contributed by atoms with E-state index in [4.69, 9.17) is 0 Å². The molecule has 2 amide bonds. The first-order valence-corrected chi connectivity index (χ1v) is 8.85. The van der Waals surface area contributed by atoms with Crippen LogP contribution in [0.4, 0.5) is 9.18 Å². The monoisotopic (exact) mass is 342 g/mol. The van der Waals surface area contributed by atoms with E-state index in [2.05, 4.69) is 10.4 Å². The van der Waals surface area contributed by atoms with Gasteiger partial charge in [-0.05, 0) is 49.4 Å². The Bertz CT molecular complexity index is 766. The second kappa shape index (κ2) is 6.17. The summed E-state index contributed by atoms with van der Waals surface area (Å²) in [5.41, 5.74) is 2.24. The highest BCUT2D eigenvalue weighted by Crippen LogP contribution is 2.47. The van der Waals surface area contributed by atoms with Gasteiger partial charge in [-0.15, -0.1) is 0 Å². The molecule has 5 nitrogen and oxygen atoms in total. The summed E-state index contributed by atoms with van der Waals surface area (Å²) in [6.07, 6.45) is 6.88. The molecule has 2 fully saturated rings. The minimum absolute atomic E-state index is 0.0123. The van der Waals surface area contributed by atoms with Crippen molar-refractivity contribution in [3.63, 3.8) is 0 Å². The summed E-state index contributed by atoms with van der Waals surface area (Å²) in [4.78, 5) is 14.4. The number of rotatable bonds is 4. The van der Waals surface area contributed by atoms with E-state index >= 15 is 0 Å². The van der Waals surface area contributed by atoms with Gasteiger partial charge in [-0.25, -0.2) is 9.18 Å². The van der Waals surface area contributed by atoms with Crippen molar-refractivity contribution in [1.29, 1.82) is 0 Å². The Kier molecular flexibility index (Phi) is 3.98. The van der Waals surface area contributed by atoms with Crippen LogP contribution in [-0.4, -0.2) is 40.3 Å². The zero-order chi connectivity index (χ0) is 17.4. The number of nitrogens with one attached hydrogen (secondary N) is 1. The molecule has 2 aromatic rings. The molecule has 1 N–H and O–H groups in total. The minimum atomic E-state index is -0.222. The van der Waals surface area contributed by atoms with Crippen molar-refractivity contribution >= 4 is 6.03 Å². The van der Waals surface area contributed by atoms with Crippen LogP contribution in [0.2, 0.25) is 0 Å². The number of amides is 2. The van der Waals surface area contributed by atoms with Gasteiger partial charge < -0.3 is 10.2 Å². The molecule has 4 rings (SSSR count). The van der Waals surface area contributed by atoms with E-state index in [1.807, 2.05) is 41.0 Å². The Balaban J connectivity index is 1.33. The van der Waals surface area contributed by atoms with E-state index in [9.17, 15) is 9.18 Å². The Morgan fingerprint density at radius 1 is 1.36 bits per heavy atom. The average molecular weight is 342 g/mol. The maximum absolute atomic E-state index is 13.1. The summed E-state index contributed by atoms with van der Waals surface area (Å²) >= 11 is 0. The van der Waals surface area contributed by atoms with Gasteiger partial charge in [0.25, 0.3) is 0 Å². The standard InChI is InChI=1S/C19H23FN4O/c1-14-10-22-24(11-14)17-6-9-23(12-17)18(25)21-13-19(7-8-19)15-2-4-16(20)5-3-15/h2-5,10-11,17H,6-9,12-13H2,1H3,(H,21,25). The predicted octanol–water partition coefficient (Wildman–Crippen LogP) is 3.02. The van der Waals surface area contributed by atoms with Crippen LogP contribution in [0, 0.1) is 12.7 Å². The lowest BCUT2D eigenvalue weighted by molar-refractivity contribution is 0.205. The van der Waals surface area contributed by atoms with Crippen LogP contribution in [0.5, 0.6) is 0 Å². The predicted molar refractivity (Wildman–Crippen MR) is 92.9 cm³/mol. The van der Waals surface area contributed by atoms with Gasteiger partial charge in [-0.3, -0.25) is 4.68 Å². The number of carbonyl (C=O) groups is 1. The topological polar surface area (TPSA) is 50.2 Å². The van der Waals surface area contributed by atoms with Crippen LogP contribution in [0.1, 0.15) is 36.4 Å². The van der Waals surface area contributed by atoms with E-state index in [-0.39, 0.29) is 23.3 Å². The largest absolute Gasteiger partial charge is 0.337 e. The first kappa shape index (κ1) is 16.1. The van der Waals surface area contributed by atoms with Crippen molar-refractivity contribution in [2.24, 2.45) is 0 Å². The lowest BCUT2D eigenvalue weighted by atomic mass is 9.96. The Morgan fingerprint density at radius 3 is 2.76 bits per heavy atom. The van der Waals surface area contributed by atoms with E-state index in [0.717, 1.165) is 36.9 Å². The van der Waals surface area contributed by atoms with Gasteiger partial charge >= 0.3 is 6.03 Å². The van der Waals surface area contributed by atoms with Crippen molar-refractivity contribution in [3.05, 3.63) is 53.6 Å². The summed E-state index contributed by atoms with van der Waals surface area (Å²) < 4.78 is 15.1. The molecule has 1 unspecified atom stereocenters. The van der Waals surface area contributed by atoms with E-state index in [0.29, 0.717) is 13.1 Å². The van der Waals surface area contributed by atoms with Crippen molar-refractivity contribution in [1.82, 2.24) is 20.0 Å². The van der Waals surface area contributed by atoms with Crippen LogP contribution in [0.3, 0.4) is 0 Å². The van der Waals surface area contributed by atoms with Crippen molar-refractivity contribution in [2.45, 2.75) is 37.6 Å². The second-order valence-electron chi connectivity index (χ2n) is 7.33. The number of hydrogen-bond donors (Lipinski definition) is 1. The Morgan fingerprint density at radius 2 is 2.12 bits per heavy atom. The second-order valence-corrected chi connectivity index (χ2v) is 7.33.